The van der Waals surface area contributed by atoms with Gasteiger partial charge in [0.25, 0.3) is 0 Å². The van der Waals surface area contributed by atoms with Crippen LogP contribution in [0.3, 0.4) is 0 Å². The zero-order chi connectivity index (χ0) is 14.9. The van der Waals surface area contributed by atoms with Crippen LogP contribution in [0.5, 0.6) is 0 Å². The predicted octanol–water partition coefficient (Wildman–Crippen LogP) is 6.54. The molecule has 0 aliphatic carbocycles. The fourth-order valence-electron chi connectivity index (χ4n) is 3.13. The maximum atomic E-state index is 2.37. The lowest BCUT2D eigenvalue weighted by Gasteiger charge is -2.22. The van der Waals surface area contributed by atoms with Gasteiger partial charge in [-0.1, -0.05) is 93.8 Å². The first kappa shape index (κ1) is 15.8. The molecule has 0 aromatic heterocycles. The average Bonchev–Trinajstić information content (AvgIpc) is 2.55. The summed E-state index contributed by atoms with van der Waals surface area (Å²) in [5.74, 6) is 1.31. The van der Waals surface area contributed by atoms with Crippen LogP contribution in [0.4, 0.5) is 0 Å². The third kappa shape index (κ3) is 5.04. The summed E-state index contributed by atoms with van der Waals surface area (Å²) in [4.78, 5) is 0. The lowest BCUT2D eigenvalue weighted by atomic mass is 9.83. The van der Waals surface area contributed by atoms with Gasteiger partial charge in [0.1, 0.15) is 0 Å². The van der Waals surface area contributed by atoms with Crippen molar-refractivity contribution in [3.63, 3.8) is 0 Å². The number of unbranched alkanes of at least 4 members (excludes halogenated alkanes) is 2. The van der Waals surface area contributed by atoms with Crippen molar-refractivity contribution in [2.75, 3.05) is 0 Å². The highest BCUT2D eigenvalue weighted by Gasteiger charge is 2.16. The summed E-state index contributed by atoms with van der Waals surface area (Å²) in [5.41, 5.74) is 2.98. The normalized spacial score (nSPS) is 13.8. The Bertz CT molecular complexity index is 486. The molecule has 0 radical (unpaired) electrons. The van der Waals surface area contributed by atoms with E-state index in [0.29, 0.717) is 11.8 Å². The van der Waals surface area contributed by atoms with Gasteiger partial charge in [0, 0.05) is 0 Å². The largest absolute Gasteiger partial charge is 0.0654 e. The third-order valence-electron chi connectivity index (χ3n) is 4.43. The Morgan fingerprint density at radius 2 is 1.33 bits per heavy atom. The molecular formula is C21H28. The summed E-state index contributed by atoms with van der Waals surface area (Å²) in [6, 6.07) is 22.0. The highest BCUT2D eigenvalue weighted by atomic mass is 14.2. The van der Waals surface area contributed by atoms with E-state index in [1.54, 1.807) is 0 Å². The summed E-state index contributed by atoms with van der Waals surface area (Å²) in [6.07, 6.45) is 6.56. The van der Waals surface area contributed by atoms with Gasteiger partial charge in [-0.05, 0) is 35.8 Å². The lowest BCUT2D eigenvalue weighted by molar-refractivity contribution is 0.498. The Morgan fingerprint density at radius 3 is 1.90 bits per heavy atom. The molecule has 0 saturated carbocycles. The molecule has 0 heteroatoms. The molecule has 0 aliphatic rings. The molecular weight excluding hydrogens is 252 g/mol. The van der Waals surface area contributed by atoms with Crippen LogP contribution in [-0.4, -0.2) is 0 Å². The molecule has 2 aromatic rings. The van der Waals surface area contributed by atoms with Crippen molar-refractivity contribution in [1.82, 2.24) is 0 Å². The molecule has 21 heavy (non-hydrogen) atoms. The second kappa shape index (κ2) is 8.67. The van der Waals surface area contributed by atoms with E-state index in [2.05, 4.69) is 74.5 Å². The van der Waals surface area contributed by atoms with Gasteiger partial charge in [0.05, 0.1) is 0 Å². The van der Waals surface area contributed by atoms with Crippen LogP contribution in [0.25, 0.3) is 0 Å². The Morgan fingerprint density at radius 1 is 0.762 bits per heavy atom. The lowest BCUT2D eigenvalue weighted by Crippen LogP contribution is -2.05. The molecule has 0 nitrogen and oxygen atoms in total. The summed E-state index contributed by atoms with van der Waals surface area (Å²) in [6.45, 7) is 4.65. The zero-order valence-electron chi connectivity index (χ0n) is 13.5. The third-order valence-corrected chi connectivity index (χ3v) is 4.43. The first-order valence-corrected chi connectivity index (χ1v) is 8.41. The highest BCUT2D eigenvalue weighted by Crippen LogP contribution is 2.33. The SMILES string of the molecule is CCCCCC(CC(C)c1ccccc1)c1ccccc1. The van der Waals surface area contributed by atoms with Gasteiger partial charge in [-0.15, -0.1) is 0 Å². The maximum Gasteiger partial charge on any atom is -0.0156 e. The van der Waals surface area contributed by atoms with E-state index < -0.39 is 0 Å². The van der Waals surface area contributed by atoms with E-state index in [1.165, 1.54) is 43.2 Å². The second-order valence-corrected chi connectivity index (χ2v) is 6.15. The number of benzene rings is 2. The molecule has 0 fully saturated rings. The first-order valence-electron chi connectivity index (χ1n) is 8.41. The monoisotopic (exact) mass is 280 g/mol. The molecule has 0 aliphatic heterocycles. The van der Waals surface area contributed by atoms with E-state index >= 15 is 0 Å². The van der Waals surface area contributed by atoms with Gasteiger partial charge in [0.15, 0.2) is 0 Å². The zero-order valence-corrected chi connectivity index (χ0v) is 13.5. The average molecular weight is 280 g/mol. The van der Waals surface area contributed by atoms with E-state index in [1.807, 2.05) is 0 Å². The second-order valence-electron chi connectivity index (χ2n) is 6.15. The highest BCUT2D eigenvalue weighted by molar-refractivity contribution is 5.23. The van der Waals surface area contributed by atoms with Gasteiger partial charge >= 0.3 is 0 Å². The van der Waals surface area contributed by atoms with E-state index in [0.717, 1.165) is 0 Å². The van der Waals surface area contributed by atoms with Crippen molar-refractivity contribution < 1.29 is 0 Å². The molecule has 2 aromatic carbocycles. The summed E-state index contributed by atoms with van der Waals surface area (Å²) < 4.78 is 0. The van der Waals surface area contributed by atoms with E-state index in [9.17, 15) is 0 Å². The molecule has 0 heterocycles. The van der Waals surface area contributed by atoms with Crippen LogP contribution < -0.4 is 0 Å². The molecule has 2 unspecified atom stereocenters. The Hall–Kier alpha value is -1.56. The molecule has 112 valence electrons. The Balaban J connectivity index is 2.05. The maximum absolute atomic E-state index is 2.37. The number of rotatable bonds is 8. The van der Waals surface area contributed by atoms with Crippen LogP contribution in [-0.2, 0) is 0 Å². The van der Waals surface area contributed by atoms with Crippen molar-refractivity contribution >= 4 is 0 Å². The Labute approximate surface area is 130 Å². The van der Waals surface area contributed by atoms with Gasteiger partial charge in [-0.3, -0.25) is 0 Å². The molecule has 0 N–H and O–H groups in total. The first-order chi connectivity index (χ1) is 10.3. The van der Waals surface area contributed by atoms with Crippen molar-refractivity contribution in [1.29, 1.82) is 0 Å². The van der Waals surface area contributed by atoms with Crippen LogP contribution >= 0.6 is 0 Å². The number of hydrogen-bond acceptors (Lipinski definition) is 0. The van der Waals surface area contributed by atoms with Crippen LogP contribution in [0.1, 0.15) is 68.9 Å². The van der Waals surface area contributed by atoms with Crippen molar-refractivity contribution in [2.45, 2.75) is 57.8 Å². The number of hydrogen-bond donors (Lipinski definition) is 0. The van der Waals surface area contributed by atoms with Crippen LogP contribution in [0.15, 0.2) is 60.7 Å². The van der Waals surface area contributed by atoms with Crippen LogP contribution in [0, 0.1) is 0 Å². The van der Waals surface area contributed by atoms with E-state index in [4.69, 9.17) is 0 Å². The van der Waals surface area contributed by atoms with Crippen molar-refractivity contribution in [2.24, 2.45) is 0 Å². The summed E-state index contributed by atoms with van der Waals surface area (Å²) in [7, 11) is 0. The molecule has 0 spiro atoms. The molecule has 0 bridgehead atoms. The van der Waals surface area contributed by atoms with Gasteiger partial charge < -0.3 is 0 Å². The van der Waals surface area contributed by atoms with Crippen molar-refractivity contribution in [3.8, 4) is 0 Å². The van der Waals surface area contributed by atoms with Gasteiger partial charge in [0.2, 0.25) is 0 Å². The quantitative estimate of drug-likeness (QED) is 0.481. The minimum absolute atomic E-state index is 0.623. The summed E-state index contributed by atoms with van der Waals surface area (Å²) in [5, 5.41) is 0. The van der Waals surface area contributed by atoms with Crippen LogP contribution in [0.2, 0.25) is 0 Å². The fourth-order valence-corrected chi connectivity index (χ4v) is 3.13. The van der Waals surface area contributed by atoms with E-state index in [-0.39, 0.29) is 0 Å². The van der Waals surface area contributed by atoms with Gasteiger partial charge in [-0.25, -0.2) is 0 Å². The fraction of sp³-hybridized carbons (Fsp3) is 0.429. The Kier molecular flexibility index (Phi) is 6.53. The minimum Gasteiger partial charge on any atom is -0.0654 e. The molecule has 0 saturated heterocycles. The topological polar surface area (TPSA) is 0 Å². The molecule has 2 rings (SSSR count). The molecule has 2 atom stereocenters. The smallest absolute Gasteiger partial charge is 0.0156 e. The standard InChI is InChI=1S/C21H28/c1-3-4-7-16-21(20-14-10-6-11-15-20)17-18(2)19-12-8-5-9-13-19/h5-6,8-15,18,21H,3-4,7,16-17H2,1-2H3. The summed E-state index contributed by atoms with van der Waals surface area (Å²) >= 11 is 0. The van der Waals surface area contributed by atoms with Gasteiger partial charge in [-0.2, -0.15) is 0 Å². The predicted molar refractivity (Wildman–Crippen MR) is 92.8 cm³/mol. The van der Waals surface area contributed by atoms with Crippen molar-refractivity contribution in [3.05, 3.63) is 71.8 Å². The molecule has 0 amide bonds. The minimum atomic E-state index is 0.623.